The summed E-state index contributed by atoms with van der Waals surface area (Å²) in [5.74, 6) is 0.629. The second-order valence-electron chi connectivity index (χ2n) is 5.42. The molecule has 2 rings (SSSR count). The molecule has 0 amide bonds. The summed E-state index contributed by atoms with van der Waals surface area (Å²) in [5, 5.41) is 3.26. The van der Waals surface area contributed by atoms with Crippen LogP contribution in [-0.2, 0) is 10.0 Å². The van der Waals surface area contributed by atoms with Crippen molar-refractivity contribution in [2.45, 2.75) is 25.7 Å². The maximum Gasteiger partial charge on any atom is 0.211 e. The molecule has 0 aromatic heterocycles. The molecule has 0 aromatic rings. The van der Waals surface area contributed by atoms with Gasteiger partial charge in [-0.25, -0.2) is 13.1 Å². The Morgan fingerprint density at radius 2 is 1.83 bits per heavy atom. The molecule has 2 N–H and O–H groups in total. The van der Waals surface area contributed by atoms with Gasteiger partial charge in [0, 0.05) is 13.1 Å². The van der Waals surface area contributed by atoms with Crippen LogP contribution < -0.4 is 10.0 Å². The fraction of sp³-hybridized carbons (Fsp3) is 1.00. The van der Waals surface area contributed by atoms with E-state index in [2.05, 4.69) is 14.9 Å². The summed E-state index contributed by atoms with van der Waals surface area (Å²) in [5.41, 5.74) is 0. The number of rotatable bonds is 6. The molecule has 2 fully saturated rings. The van der Waals surface area contributed by atoms with Crippen LogP contribution in [0.3, 0.4) is 0 Å². The Morgan fingerprint density at radius 1 is 1.17 bits per heavy atom. The molecule has 18 heavy (non-hydrogen) atoms. The fourth-order valence-electron chi connectivity index (χ4n) is 2.78. The highest BCUT2D eigenvalue weighted by atomic mass is 32.2. The molecule has 6 heteroatoms. The van der Waals surface area contributed by atoms with Gasteiger partial charge < -0.3 is 10.2 Å². The van der Waals surface area contributed by atoms with Crippen LogP contribution in [0.5, 0.6) is 0 Å². The first-order valence-electron chi connectivity index (χ1n) is 7.06. The van der Waals surface area contributed by atoms with Gasteiger partial charge in [0.2, 0.25) is 10.0 Å². The monoisotopic (exact) mass is 275 g/mol. The summed E-state index contributed by atoms with van der Waals surface area (Å²) >= 11 is 0. The maximum absolute atomic E-state index is 11.9. The third-order valence-electron chi connectivity index (χ3n) is 3.86. The lowest BCUT2D eigenvalue weighted by atomic mass is 10.0. The Kier molecular flexibility index (Phi) is 5.41. The first-order chi connectivity index (χ1) is 8.66. The van der Waals surface area contributed by atoms with Gasteiger partial charge in [0.25, 0.3) is 0 Å². The van der Waals surface area contributed by atoms with E-state index in [1.54, 1.807) is 0 Å². The summed E-state index contributed by atoms with van der Waals surface area (Å²) in [4.78, 5) is 2.33. The van der Waals surface area contributed by atoms with Gasteiger partial charge >= 0.3 is 0 Å². The molecule has 0 aromatic carbocycles. The van der Waals surface area contributed by atoms with E-state index < -0.39 is 10.0 Å². The number of hydrogen-bond donors (Lipinski definition) is 2. The number of nitrogens with one attached hydrogen (secondary N) is 2. The van der Waals surface area contributed by atoms with Crippen LogP contribution in [0.1, 0.15) is 25.7 Å². The Labute approximate surface area is 110 Å². The number of nitrogens with zero attached hydrogens (tertiary/aromatic N) is 1. The lowest BCUT2D eigenvalue weighted by Crippen LogP contribution is -2.38. The van der Waals surface area contributed by atoms with Gasteiger partial charge in [-0.15, -0.1) is 0 Å². The van der Waals surface area contributed by atoms with Crippen molar-refractivity contribution >= 4 is 10.0 Å². The second-order valence-corrected chi connectivity index (χ2v) is 7.27. The van der Waals surface area contributed by atoms with Crippen molar-refractivity contribution in [2.24, 2.45) is 5.92 Å². The zero-order chi connectivity index (χ0) is 12.8. The number of piperidine rings is 1. The molecule has 2 aliphatic rings. The number of likely N-dealkylation sites (tertiary alicyclic amines) is 1. The van der Waals surface area contributed by atoms with Crippen LogP contribution in [0.2, 0.25) is 0 Å². The van der Waals surface area contributed by atoms with Gasteiger partial charge in [0.1, 0.15) is 0 Å². The topological polar surface area (TPSA) is 61.4 Å². The average Bonchev–Trinajstić information content (AvgIpc) is 2.82. The second kappa shape index (κ2) is 6.84. The van der Waals surface area contributed by atoms with Crippen molar-refractivity contribution in [2.75, 3.05) is 45.0 Å². The highest BCUT2D eigenvalue weighted by Crippen LogP contribution is 2.13. The van der Waals surface area contributed by atoms with Crippen LogP contribution in [0.15, 0.2) is 0 Å². The van der Waals surface area contributed by atoms with Gasteiger partial charge in [0.15, 0.2) is 0 Å². The SMILES string of the molecule is O=S(=O)(CC1CCNCC1)NCCN1CCCC1. The lowest BCUT2D eigenvalue weighted by Gasteiger charge is -2.22. The smallest absolute Gasteiger partial charge is 0.211 e. The summed E-state index contributed by atoms with van der Waals surface area (Å²) in [6.45, 7) is 5.56. The van der Waals surface area contributed by atoms with E-state index in [1.807, 2.05) is 0 Å². The predicted molar refractivity (Wildman–Crippen MR) is 73.1 cm³/mol. The zero-order valence-corrected chi connectivity index (χ0v) is 11.8. The number of hydrogen-bond acceptors (Lipinski definition) is 4. The van der Waals surface area contributed by atoms with E-state index in [-0.39, 0.29) is 0 Å². The van der Waals surface area contributed by atoms with Crippen LogP contribution in [0.25, 0.3) is 0 Å². The molecule has 0 aliphatic carbocycles. The Morgan fingerprint density at radius 3 is 2.50 bits per heavy atom. The summed E-state index contributed by atoms with van der Waals surface area (Å²) < 4.78 is 26.6. The molecule has 2 heterocycles. The molecule has 0 unspecified atom stereocenters. The van der Waals surface area contributed by atoms with Crippen LogP contribution in [-0.4, -0.2) is 58.3 Å². The van der Waals surface area contributed by atoms with E-state index in [4.69, 9.17) is 0 Å². The lowest BCUT2D eigenvalue weighted by molar-refractivity contribution is 0.343. The maximum atomic E-state index is 11.9. The van der Waals surface area contributed by atoms with E-state index >= 15 is 0 Å². The molecule has 2 saturated heterocycles. The van der Waals surface area contributed by atoms with Crippen molar-refractivity contribution in [3.8, 4) is 0 Å². The Hall–Kier alpha value is -0.170. The third kappa shape index (κ3) is 4.84. The summed E-state index contributed by atoms with van der Waals surface area (Å²) in [6, 6.07) is 0. The van der Waals surface area contributed by atoms with Crippen LogP contribution >= 0.6 is 0 Å². The minimum absolute atomic E-state index is 0.300. The zero-order valence-electron chi connectivity index (χ0n) is 11.0. The van der Waals surface area contributed by atoms with Crippen LogP contribution in [0, 0.1) is 5.92 Å². The molecule has 0 radical (unpaired) electrons. The largest absolute Gasteiger partial charge is 0.317 e. The number of sulfonamides is 1. The van der Waals surface area contributed by atoms with E-state index in [9.17, 15) is 8.42 Å². The molecular weight excluding hydrogens is 250 g/mol. The van der Waals surface area contributed by atoms with Gasteiger partial charge in [0.05, 0.1) is 5.75 Å². The van der Waals surface area contributed by atoms with Gasteiger partial charge in [-0.1, -0.05) is 0 Å². The molecule has 2 aliphatic heterocycles. The minimum Gasteiger partial charge on any atom is -0.317 e. The molecule has 0 bridgehead atoms. The first-order valence-corrected chi connectivity index (χ1v) is 8.71. The Balaban J connectivity index is 1.66. The van der Waals surface area contributed by atoms with Crippen molar-refractivity contribution in [1.29, 1.82) is 0 Å². The minimum atomic E-state index is -3.08. The fourth-order valence-corrected chi connectivity index (χ4v) is 4.26. The van der Waals surface area contributed by atoms with Crippen molar-refractivity contribution in [1.82, 2.24) is 14.9 Å². The van der Waals surface area contributed by atoms with E-state index in [0.29, 0.717) is 18.2 Å². The molecule has 106 valence electrons. The Bertz CT molecular complexity index is 333. The highest BCUT2D eigenvalue weighted by molar-refractivity contribution is 7.89. The van der Waals surface area contributed by atoms with Crippen LogP contribution in [0.4, 0.5) is 0 Å². The standard InChI is InChI=1S/C12H25N3O2S/c16-18(17,11-12-3-5-13-6-4-12)14-7-10-15-8-1-2-9-15/h12-14H,1-11H2. The molecule has 0 atom stereocenters. The van der Waals surface area contributed by atoms with E-state index in [1.165, 1.54) is 12.8 Å². The van der Waals surface area contributed by atoms with Crippen molar-refractivity contribution < 1.29 is 8.42 Å². The van der Waals surface area contributed by atoms with Crippen molar-refractivity contribution in [3.05, 3.63) is 0 Å². The summed E-state index contributed by atoms with van der Waals surface area (Å²) in [7, 11) is -3.08. The quantitative estimate of drug-likeness (QED) is 0.716. The van der Waals surface area contributed by atoms with E-state index in [0.717, 1.165) is 45.6 Å². The third-order valence-corrected chi connectivity index (χ3v) is 5.42. The first kappa shape index (κ1) is 14.2. The molecule has 5 nitrogen and oxygen atoms in total. The molecule has 0 saturated carbocycles. The van der Waals surface area contributed by atoms with Gasteiger partial charge in [-0.3, -0.25) is 0 Å². The summed E-state index contributed by atoms with van der Waals surface area (Å²) in [6.07, 6.45) is 4.46. The normalized spacial score (nSPS) is 23.6. The predicted octanol–water partition coefficient (Wildman–Crippen LogP) is 0.00120. The molecular formula is C12H25N3O2S. The van der Waals surface area contributed by atoms with Gasteiger partial charge in [-0.05, 0) is 57.8 Å². The van der Waals surface area contributed by atoms with Crippen molar-refractivity contribution in [3.63, 3.8) is 0 Å². The van der Waals surface area contributed by atoms with Gasteiger partial charge in [-0.2, -0.15) is 0 Å². The highest BCUT2D eigenvalue weighted by Gasteiger charge is 2.21. The molecule has 0 spiro atoms. The average molecular weight is 275 g/mol.